The number of para-hydroxylation sites is 3. The van der Waals surface area contributed by atoms with Crippen LogP contribution in [0.15, 0.2) is 148 Å². The van der Waals surface area contributed by atoms with Gasteiger partial charge >= 0.3 is 0 Å². The van der Waals surface area contributed by atoms with Crippen molar-refractivity contribution in [1.82, 2.24) is 14.5 Å². The van der Waals surface area contributed by atoms with E-state index in [4.69, 9.17) is 18.8 Å². The van der Waals surface area contributed by atoms with E-state index in [9.17, 15) is 0 Å². The molecule has 49 heavy (non-hydrogen) atoms. The minimum absolute atomic E-state index is 0.796. The highest BCUT2D eigenvalue weighted by atomic mass is 16.3. The fraction of sp³-hybridized carbons (Fsp3) is 0. The lowest BCUT2D eigenvalue weighted by Crippen LogP contribution is -2.03. The van der Waals surface area contributed by atoms with Crippen LogP contribution in [-0.4, -0.2) is 14.5 Å². The number of furan rings is 2. The molecule has 0 aliphatic heterocycles. The number of aromatic nitrogens is 3. The number of hydrogen-bond donors (Lipinski definition) is 0. The van der Waals surface area contributed by atoms with Crippen LogP contribution in [0.2, 0.25) is 0 Å². The van der Waals surface area contributed by atoms with Crippen LogP contribution in [0.25, 0.3) is 115 Å². The van der Waals surface area contributed by atoms with E-state index in [2.05, 4.69) is 102 Å². The van der Waals surface area contributed by atoms with Gasteiger partial charge in [0.05, 0.1) is 27.5 Å². The van der Waals surface area contributed by atoms with Crippen molar-refractivity contribution in [3.63, 3.8) is 0 Å². The van der Waals surface area contributed by atoms with Crippen molar-refractivity contribution in [3.8, 4) is 17.1 Å². The summed E-state index contributed by atoms with van der Waals surface area (Å²) in [4.78, 5) is 10.6. The first kappa shape index (κ1) is 25.4. The second-order valence-electron chi connectivity index (χ2n) is 12.9. The van der Waals surface area contributed by atoms with Crippen molar-refractivity contribution < 1.29 is 8.83 Å². The average molecular weight is 626 g/mol. The second kappa shape index (κ2) is 9.00. The van der Waals surface area contributed by atoms with Crippen LogP contribution >= 0.6 is 0 Å². The second-order valence-corrected chi connectivity index (χ2v) is 12.9. The Morgan fingerprint density at radius 2 is 1.10 bits per heavy atom. The molecule has 0 unspecified atom stereocenters. The molecule has 0 spiro atoms. The fourth-order valence-corrected chi connectivity index (χ4v) is 8.33. The lowest BCUT2D eigenvalue weighted by molar-refractivity contribution is 0.663. The molecule has 0 saturated carbocycles. The number of fused-ring (bicyclic) bond motifs is 8. The van der Waals surface area contributed by atoms with E-state index in [1.54, 1.807) is 0 Å². The highest BCUT2D eigenvalue weighted by Gasteiger charge is 2.27. The molecule has 0 N–H and O–H groups in total. The Bertz CT molecular complexity index is 3330. The van der Waals surface area contributed by atoms with E-state index < -0.39 is 0 Å². The number of nitrogens with zero attached hydrogens (tertiary/aromatic N) is 3. The van der Waals surface area contributed by atoms with Gasteiger partial charge in [-0.1, -0.05) is 97.1 Å². The van der Waals surface area contributed by atoms with E-state index in [-0.39, 0.29) is 0 Å². The van der Waals surface area contributed by atoms with E-state index >= 15 is 0 Å². The monoisotopic (exact) mass is 625 g/mol. The number of rotatable bonds is 2. The molecule has 0 aliphatic rings. The third-order valence-electron chi connectivity index (χ3n) is 10.3. The molecule has 8 aromatic carbocycles. The molecular formula is C44H23N3O2. The van der Waals surface area contributed by atoms with Gasteiger partial charge in [-0.05, 0) is 64.0 Å². The van der Waals surface area contributed by atoms with Crippen molar-refractivity contribution in [2.75, 3.05) is 0 Å². The quantitative estimate of drug-likeness (QED) is 0.192. The fourth-order valence-electron chi connectivity index (χ4n) is 8.33. The molecule has 5 nitrogen and oxygen atoms in total. The maximum absolute atomic E-state index is 6.94. The third-order valence-corrected chi connectivity index (χ3v) is 10.3. The summed E-state index contributed by atoms with van der Waals surface area (Å²) in [7, 11) is 0. The summed E-state index contributed by atoms with van der Waals surface area (Å²) in [6, 6.07) is 48.6. The molecule has 0 bridgehead atoms. The van der Waals surface area contributed by atoms with Crippen molar-refractivity contribution in [1.29, 1.82) is 0 Å². The smallest absolute Gasteiger partial charge is 0.165 e. The normalized spacial score (nSPS) is 12.5. The highest BCUT2D eigenvalue weighted by Crippen LogP contribution is 2.50. The first-order valence-corrected chi connectivity index (χ1v) is 16.5. The molecule has 226 valence electrons. The minimum atomic E-state index is 0.796. The van der Waals surface area contributed by atoms with Gasteiger partial charge in [0, 0.05) is 32.5 Å². The van der Waals surface area contributed by atoms with Crippen LogP contribution in [0, 0.1) is 0 Å². The molecule has 0 aliphatic carbocycles. The van der Waals surface area contributed by atoms with Gasteiger partial charge in [-0.2, -0.15) is 0 Å². The SMILES string of the molecule is c1ccc(-c2nc3ccccc3nc2-n2c3cccc4c5ccccc5c5cc6oc7ccccc7c6c6oc7ccc2c(c7c56)c43)cc1. The lowest BCUT2D eigenvalue weighted by atomic mass is 9.93. The van der Waals surface area contributed by atoms with E-state index in [1.165, 1.54) is 16.2 Å². The zero-order valence-electron chi connectivity index (χ0n) is 25.9. The van der Waals surface area contributed by atoms with Crippen molar-refractivity contribution in [2.24, 2.45) is 0 Å². The summed E-state index contributed by atoms with van der Waals surface area (Å²) in [5.74, 6) is 0.796. The van der Waals surface area contributed by atoms with Crippen LogP contribution in [-0.2, 0) is 0 Å². The molecule has 0 radical (unpaired) electrons. The lowest BCUT2D eigenvalue weighted by Gasteiger charge is -2.13. The summed E-state index contributed by atoms with van der Waals surface area (Å²) >= 11 is 0. The van der Waals surface area contributed by atoms with Crippen LogP contribution in [0.4, 0.5) is 0 Å². The van der Waals surface area contributed by atoms with Gasteiger partial charge in [-0.15, -0.1) is 0 Å². The minimum Gasteiger partial charge on any atom is -0.456 e. The van der Waals surface area contributed by atoms with Crippen LogP contribution < -0.4 is 0 Å². The van der Waals surface area contributed by atoms with Crippen molar-refractivity contribution >= 4 is 98.3 Å². The predicted molar refractivity (Wildman–Crippen MR) is 200 cm³/mol. The average Bonchev–Trinajstić information content (AvgIpc) is 3.83. The number of benzene rings is 7. The Morgan fingerprint density at radius 1 is 0.408 bits per heavy atom. The van der Waals surface area contributed by atoms with E-state index in [0.717, 1.165) is 99.2 Å². The van der Waals surface area contributed by atoms with Gasteiger partial charge in [0.1, 0.15) is 28.0 Å². The molecule has 5 heteroatoms. The Labute approximate surface area is 277 Å². The first-order chi connectivity index (χ1) is 24.3. The maximum atomic E-state index is 6.94. The summed E-state index contributed by atoms with van der Waals surface area (Å²) in [6.45, 7) is 0. The molecule has 12 rings (SSSR count). The van der Waals surface area contributed by atoms with Crippen molar-refractivity contribution in [3.05, 3.63) is 140 Å². The molecule has 0 fully saturated rings. The standard InChI is InChI=1S/C44H23N3O2/c1-2-11-24(12-3-1)42-44(46-31-18-8-7-17-30(31)45-42)47-32-19-10-16-27-25-13-4-5-14-26(25)29-23-36-38(28-15-6-9-20-34(28)48-36)43-39(29)41-35(49-43)22-21-33(47)40(41)37(27)32/h1-23H. The summed E-state index contributed by atoms with van der Waals surface area (Å²) in [6.07, 6.45) is 0. The largest absolute Gasteiger partial charge is 0.456 e. The molecule has 0 amide bonds. The molecule has 0 atom stereocenters. The zero-order valence-corrected chi connectivity index (χ0v) is 25.9. The zero-order chi connectivity index (χ0) is 31.8. The highest BCUT2D eigenvalue weighted by molar-refractivity contribution is 6.41. The summed E-state index contributed by atoms with van der Waals surface area (Å²) in [5.41, 5.74) is 9.08. The molecular weight excluding hydrogens is 603 g/mol. The first-order valence-electron chi connectivity index (χ1n) is 16.5. The van der Waals surface area contributed by atoms with Gasteiger partial charge in [0.25, 0.3) is 0 Å². The Balaban J connectivity index is 1.37. The topological polar surface area (TPSA) is 57.0 Å². The predicted octanol–water partition coefficient (Wildman–Crippen LogP) is 11.9. The van der Waals surface area contributed by atoms with Gasteiger partial charge < -0.3 is 8.83 Å². The third kappa shape index (κ3) is 3.19. The molecule has 0 saturated heterocycles. The summed E-state index contributed by atoms with van der Waals surface area (Å²) in [5, 5.41) is 11.2. The Hall–Kier alpha value is -6.72. The Kier molecular flexibility index (Phi) is 4.66. The Morgan fingerprint density at radius 3 is 1.96 bits per heavy atom. The van der Waals surface area contributed by atoms with Crippen LogP contribution in [0.5, 0.6) is 0 Å². The maximum Gasteiger partial charge on any atom is 0.165 e. The van der Waals surface area contributed by atoms with Gasteiger partial charge in [-0.25, -0.2) is 9.97 Å². The van der Waals surface area contributed by atoms with E-state index in [0.29, 0.717) is 0 Å². The van der Waals surface area contributed by atoms with Crippen LogP contribution in [0.1, 0.15) is 0 Å². The van der Waals surface area contributed by atoms with Gasteiger partial charge in [0.2, 0.25) is 0 Å². The van der Waals surface area contributed by atoms with Crippen molar-refractivity contribution in [2.45, 2.75) is 0 Å². The molecule has 4 heterocycles. The van der Waals surface area contributed by atoms with Crippen LogP contribution in [0.3, 0.4) is 0 Å². The molecule has 12 aromatic rings. The number of hydrogen-bond acceptors (Lipinski definition) is 4. The van der Waals surface area contributed by atoms with Gasteiger partial charge in [0.15, 0.2) is 5.82 Å². The van der Waals surface area contributed by atoms with Gasteiger partial charge in [-0.3, -0.25) is 4.57 Å². The summed E-state index contributed by atoms with van der Waals surface area (Å²) < 4.78 is 15.7. The molecule has 4 aromatic heterocycles. The van der Waals surface area contributed by atoms with E-state index in [1.807, 2.05) is 42.5 Å².